The molecule has 18 heavy (non-hydrogen) atoms. The van der Waals surface area contributed by atoms with Crippen molar-refractivity contribution in [3.05, 3.63) is 52.2 Å². The van der Waals surface area contributed by atoms with E-state index in [1.807, 2.05) is 19.2 Å². The molecule has 2 nitrogen and oxygen atoms in total. The van der Waals surface area contributed by atoms with Gasteiger partial charge in [0.25, 0.3) is 0 Å². The molecule has 0 amide bonds. The SMILES string of the molecule is CCC(NC)c1cccc(OCc2cccs2)c1. The normalized spacial score (nSPS) is 12.3. The third-order valence-corrected chi connectivity index (χ3v) is 3.83. The fraction of sp³-hybridized carbons (Fsp3) is 0.333. The molecule has 0 spiro atoms. The molecule has 96 valence electrons. The molecule has 0 aliphatic rings. The monoisotopic (exact) mass is 261 g/mol. The number of rotatable bonds is 6. The Bertz CT molecular complexity index is 463. The zero-order valence-electron chi connectivity index (χ0n) is 10.8. The van der Waals surface area contributed by atoms with Gasteiger partial charge >= 0.3 is 0 Å². The first-order chi connectivity index (χ1) is 8.83. The Labute approximate surface area is 113 Å². The highest BCUT2D eigenvalue weighted by atomic mass is 32.1. The van der Waals surface area contributed by atoms with Gasteiger partial charge in [-0.15, -0.1) is 11.3 Å². The van der Waals surface area contributed by atoms with Gasteiger partial charge in [-0.25, -0.2) is 0 Å². The lowest BCUT2D eigenvalue weighted by Crippen LogP contribution is -2.15. The number of ether oxygens (including phenoxy) is 1. The van der Waals surface area contributed by atoms with Gasteiger partial charge in [-0.1, -0.05) is 25.1 Å². The van der Waals surface area contributed by atoms with Crippen molar-refractivity contribution in [2.45, 2.75) is 26.0 Å². The molecule has 0 saturated heterocycles. The largest absolute Gasteiger partial charge is 0.488 e. The van der Waals surface area contributed by atoms with Gasteiger partial charge in [-0.3, -0.25) is 0 Å². The molecule has 2 aromatic rings. The molecule has 1 unspecified atom stereocenters. The summed E-state index contributed by atoms with van der Waals surface area (Å²) in [6.45, 7) is 2.83. The Balaban J connectivity index is 2.02. The molecule has 0 saturated carbocycles. The zero-order chi connectivity index (χ0) is 12.8. The quantitative estimate of drug-likeness (QED) is 0.848. The van der Waals surface area contributed by atoms with Crippen molar-refractivity contribution in [1.82, 2.24) is 5.32 Å². The molecular formula is C15H19NOS. The predicted octanol–water partition coefficient (Wildman–Crippen LogP) is 4.00. The maximum atomic E-state index is 5.81. The van der Waals surface area contributed by atoms with Crippen molar-refractivity contribution in [3.8, 4) is 5.75 Å². The minimum atomic E-state index is 0.398. The number of hydrogen-bond acceptors (Lipinski definition) is 3. The maximum Gasteiger partial charge on any atom is 0.122 e. The Morgan fingerprint density at radius 1 is 1.28 bits per heavy atom. The minimum Gasteiger partial charge on any atom is -0.488 e. The van der Waals surface area contributed by atoms with E-state index >= 15 is 0 Å². The van der Waals surface area contributed by atoms with Crippen LogP contribution in [0.2, 0.25) is 0 Å². The molecule has 1 atom stereocenters. The van der Waals surface area contributed by atoms with E-state index in [0.29, 0.717) is 12.6 Å². The van der Waals surface area contributed by atoms with Crippen LogP contribution < -0.4 is 10.1 Å². The van der Waals surface area contributed by atoms with E-state index in [1.165, 1.54) is 10.4 Å². The lowest BCUT2D eigenvalue weighted by atomic mass is 10.0. The van der Waals surface area contributed by atoms with E-state index < -0.39 is 0 Å². The van der Waals surface area contributed by atoms with Gasteiger partial charge in [-0.05, 0) is 42.6 Å². The fourth-order valence-corrected chi connectivity index (χ4v) is 2.59. The van der Waals surface area contributed by atoms with E-state index in [4.69, 9.17) is 4.74 Å². The van der Waals surface area contributed by atoms with Gasteiger partial charge in [0.05, 0.1) is 0 Å². The summed E-state index contributed by atoms with van der Waals surface area (Å²) in [6.07, 6.45) is 1.07. The fourth-order valence-electron chi connectivity index (χ4n) is 1.98. The Morgan fingerprint density at radius 3 is 2.83 bits per heavy atom. The van der Waals surface area contributed by atoms with Crippen molar-refractivity contribution in [3.63, 3.8) is 0 Å². The molecular weight excluding hydrogens is 242 g/mol. The van der Waals surface area contributed by atoms with Crippen LogP contribution in [0.1, 0.15) is 29.8 Å². The van der Waals surface area contributed by atoms with Crippen LogP contribution in [0.5, 0.6) is 5.75 Å². The summed E-state index contributed by atoms with van der Waals surface area (Å²) in [5.74, 6) is 0.939. The predicted molar refractivity (Wildman–Crippen MR) is 77.2 cm³/mol. The average Bonchev–Trinajstić information content (AvgIpc) is 2.92. The molecule has 3 heteroatoms. The molecule has 0 radical (unpaired) electrons. The van der Waals surface area contributed by atoms with E-state index in [2.05, 4.69) is 41.9 Å². The first-order valence-electron chi connectivity index (χ1n) is 6.26. The Hall–Kier alpha value is -1.32. The van der Waals surface area contributed by atoms with Gasteiger partial charge in [0, 0.05) is 10.9 Å². The second-order valence-corrected chi connectivity index (χ2v) is 5.22. The number of benzene rings is 1. The summed E-state index contributed by atoms with van der Waals surface area (Å²) < 4.78 is 5.81. The number of nitrogens with one attached hydrogen (secondary N) is 1. The van der Waals surface area contributed by atoms with E-state index in [-0.39, 0.29) is 0 Å². The molecule has 0 aliphatic heterocycles. The molecule has 1 aromatic heterocycles. The van der Waals surface area contributed by atoms with Crippen molar-refractivity contribution >= 4 is 11.3 Å². The number of hydrogen-bond donors (Lipinski definition) is 1. The number of thiophene rings is 1. The van der Waals surface area contributed by atoms with Crippen LogP contribution in [-0.4, -0.2) is 7.05 Å². The van der Waals surface area contributed by atoms with Crippen LogP contribution in [-0.2, 0) is 6.61 Å². The highest BCUT2D eigenvalue weighted by molar-refractivity contribution is 7.09. The summed E-state index contributed by atoms with van der Waals surface area (Å²) in [6, 6.07) is 12.9. The van der Waals surface area contributed by atoms with Crippen LogP contribution in [0.3, 0.4) is 0 Å². The molecule has 2 rings (SSSR count). The molecule has 1 aromatic carbocycles. The zero-order valence-corrected chi connectivity index (χ0v) is 11.7. The molecule has 1 N–H and O–H groups in total. The standard InChI is InChI=1S/C15H19NOS/c1-3-15(16-2)12-6-4-7-13(10-12)17-11-14-8-5-9-18-14/h4-10,15-16H,3,11H2,1-2H3. The van der Waals surface area contributed by atoms with Gasteiger partial charge in [-0.2, -0.15) is 0 Å². The van der Waals surface area contributed by atoms with Crippen molar-refractivity contribution in [2.75, 3.05) is 7.05 Å². The van der Waals surface area contributed by atoms with Crippen LogP contribution in [0.25, 0.3) is 0 Å². The third-order valence-electron chi connectivity index (χ3n) is 2.98. The third kappa shape index (κ3) is 3.34. The lowest BCUT2D eigenvalue weighted by molar-refractivity contribution is 0.309. The summed E-state index contributed by atoms with van der Waals surface area (Å²) >= 11 is 1.72. The summed E-state index contributed by atoms with van der Waals surface area (Å²) in [7, 11) is 1.99. The van der Waals surface area contributed by atoms with Crippen LogP contribution >= 0.6 is 11.3 Å². The summed E-state index contributed by atoms with van der Waals surface area (Å²) in [5.41, 5.74) is 1.28. The van der Waals surface area contributed by atoms with Gasteiger partial charge < -0.3 is 10.1 Å². The average molecular weight is 261 g/mol. The highest BCUT2D eigenvalue weighted by Gasteiger charge is 2.07. The van der Waals surface area contributed by atoms with Crippen LogP contribution in [0.15, 0.2) is 41.8 Å². The van der Waals surface area contributed by atoms with Crippen molar-refractivity contribution in [2.24, 2.45) is 0 Å². The van der Waals surface area contributed by atoms with Crippen LogP contribution in [0, 0.1) is 0 Å². The van der Waals surface area contributed by atoms with E-state index in [1.54, 1.807) is 11.3 Å². The Morgan fingerprint density at radius 2 is 2.17 bits per heavy atom. The highest BCUT2D eigenvalue weighted by Crippen LogP contribution is 2.22. The Kier molecular flexibility index (Phi) is 4.79. The van der Waals surface area contributed by atoms with Gasteiger partial charge in [0.1, 0.15) is 12.4 Å². The smallest absolute Gasteiger partial charge is 0.122 e. The summed E-state index contributed by atoms with van der Waals surface area (Å²) in [5, 5.41) is 5.38. The second-order valence-electron chi connectivity index (χ2n) is 4.19. The molecule has 0 aliphatic carbocycles. The second kappa shape index (κ2) is 6.57. The minimum absolute atomic E-state index is 0.398. The first-order valence-corrected chi connectivity index (χ1v) is 7.14. The van der Waals surface area contributed by atoms with E-state index in [0.717, 1.165) is 12.2 Å². The van der Waals surface area contributed by atoms with Gasteiger partial charge in [0.15, 0.2) is 0 Å². The molecule has 0 bridgehead atoms. The van der Waals surface area contributed by atoms with Crippen molar-refractivity contribution < 1.29 is 4.74 Å². The van der Waals surface area contributed by atoms with Crippen LogP contribution in [0.4, 0.5) is 0 Å². The van der Waals surface area contributed by atoms with E-state index in [9.17, 15) is 0 Å². The maximum absolute atomic E-state index is 5.81. The lowest BCUT2D eigenvalue weighted by Gasteiger charge is -2.15. The van der Waals surface area contributed by atoms with Crippen molar-refractivity contribution in [1.29, 1.82) is 0 Å². The molecule has 1 heterocycles. The topological polar surface area (TPSA) is 21.3 Å². The molecule has 0 fully saturated rings. The first kappa shape index (κ1) is 13.1. The van der Waals surface area contributed by atoms with Gasteiger partial charge in [0.2, 0.25) is 0 Å². The summed E-state index contributed by atoms with van der Waals surface area (Å²) in [4.78, 5) is 1.25.